The molecule has 1 aliphatic rings. The number of carbonyl (C=O) groups is 1. The van der Waals surface area contributed by atoms with Crippen LogP contribution in [0.25, 0.3) is 0 Å². The molecule has 1 fully saturated rings. The van der Waals surface area contributed by atoms with E-state index in [-0.39, 0.29) is 5.97 Å². The first-order chi connectivity index (χ1) is 5.86. The van der Waals surface area contributed by atoms with Gasteiger partial charge in [-0.3, -0.25) is 5.10 Å². The maximum absolute atomic E-state index is 11.2. The number of aromatic nitrogens is 2. The minimum absolute atomic E-state index is 0.282. The van der Waals surface area contributed by atoms with Crippen molar-refractivity contribution in [2.45, 2.75) is 12.8 Å². The molecule has 2 rings (SSSR count). The number of aromatic amines is 1. The summed E-state index contributed by atoms with van der Waals surface area (Å²) in [6.45, 7) is 0.560. The number of hydrogen-bond donors (Lipinski definition) is 1. The fraction of sp³-hybridized carbons (Fsp3) is 0.500. The summed E-state index contributed by atoms with van der Waals surface area (Å²) in [5.74, 6) is 0.330. The maximum Gasteiger partial charge on any atom is 0.341 e. The van der Waals surface area contributed by atoms with Gasteiger partial charge in [0.05, 0.1) is 18.4 Å². The van der Waals surface area contributed by atoms with E-state index in [0.29, 0.717) is 18.1 Å². The number of hydrogen-bond acceptors (Lipinski definition) is 3. The molecule has 1 aromatic heterocycles. The van der Waals surface area contributed by atoms with Crippen LogP contribution in [0.1, 0.15) is 23.2 Å². The van der Waals surface area contributed by atoms with Crippen molar-refractivity contribution in [2.75, 3.05) is 6.61 Å². The van der Waals surface area contributed by atoms with Crippen LogP contribution >= 0.6 is 0 Å². The minimum atomic E-state index is -0.282. The van der Waals surface area contributed by atoms with Gasteiger partial charge >= 0.3 is 5.97 Å². The Morgan fingerprint density at radius 2 is 2.58 bits per heavy atom. The van der Waals surface area contributed by atoms with E-state index in [1.54, 1.807) is 0 Å². The van der Waals surface area contributed by atoms with Gasteiger partial charge in [0, 0.05) is 6.20 Å². The van der Waals surface area contributed by atoms with Crippen LogP contribution in [0.5, 0.6) is 0 Å². The average Bonchev–Trinajstić information content (AvgIpc) is 2.74. The first kappa shape index (κ1) is 7.34. The van der Waals surface area contributed by atoms with Crippen molar-refractivity contribution in [1.29, 1.82) is 0 Å². The van der Waals surface area contributed by atoms with E-state index in [4.69, 9.17) is 4.74 Å². The Labute approximate surface area is 69.9 Å². The topological polar surface area (TPSA) is 55.0 Å². The summed E-state index contributed by atoms with van der Waals surface area (Å²) in [6.07, 6.45) is 5.39. The molecule has 1 N–H and O–H groups in total. The number of H-pyrrole nitrogens is 1. The van der Waals surface area contributed by atoms with E-state index >= 15 is 0 Å². The number of nitrogens with one attached hydrogen (secondary N) is 1. The first-order valence-corrected chi connectivity index (χ1v) is 4.02. The summed E-state index contributed by atoms with van der Waals surface area (Å²) in [4.78, 5) is 11.2. The number of rotatable bonds is 3. The second-order valence-corrected chi connectivity index (χ2v) is 3.03. The predicted octanol–water partition coefficient (Wildman–Crippen LogP) is 0.976. The van der Waals surface area contributed by atoms with Gasteiger partial charge in [-0.15, -0.1) is 0 Å². The molecule has 0 aliphatic heterocycles. The van der Waals surface area contributed by atoms with Crippen molar-refractivity contribution in [1.82, 2.24) is 10.2 Å². The van der Waals surface area contributed by atoms with Gasteiger partial charge in [0.2, 0.25) is 0 Å². The first-order valence-electron chi connectivity index (χ1n) is 4.02. The van der Waals surface area contributed by atoms with Crippen molar-refractivity contribution in [2.24, 2.45) is 5.92 Å². The minimum Gasteiger partial charge on any atom is -0.462 e. The lowest BCUT2D eigenvalue weighted by Crippen LogP contribution is -2.06. The van der Waals surface area contributed by atoms with Crippen LogP contribution in [-0.2, 0) is 4.74 Å². The quantitative estimate of drug-likeness (QED) is 0.681. The highest BCUT2D eigenvalue weighted by Gasteiger charge is 2.23. The van der Waals surface area contributed by atoms with Crippen molar-refractivity contribution in [3.05, 3.63) is 18.0 Å². The summed E-state index contributed by atoms with van der Waals surface area (Å²) >= 11 is 0. The normalized spacial score (nSPS) is 16.0. The molecule has 0 aromatic carbocycles. The SMILES string of the molecule is O=C(OCC1CC1)c1cn[nH]c1. The highest BCUT2D eigenvalue weighted by atomic mass is 16.5. The van der Waals surface area contributed by atoms with Gasteiger partial charge in [0.15, 0.2) is 0 Å². The van der Waals surface area contributed by atoms with Crippen molar-refractivity contribution < 1.29 is 9.53 Å². The van der Waals surface area contributed by atoms with E-state index in [0.717, 1.165) is 0 Å². The Morgan fingerprint density at radius 3 is 3.17 bits per heavy atom. The third kappa shape index (κ3) is 1.64. The maximum atomic E-state index is 11.2. The monoisotopic (exact) mass is 166 g/mol. The molecule has 4 nitrogen and oxygen atoms in total. The Hall–Kier alpha value is -1.32. The van der Waals surface area contributed by atoms with Gasteiger partial charge in [0.25, 0.3) is 0 Å². The molecule has 0 saturated heterocycles. The van der Waals surface area contributed by atoms with Crippen LogP contribution in [0, 0.1) is 5.92 Å². The lowest BCUT2D eigenvalue weighted by atomic mass is 10.4. The highest BCUT2D eigenvalue weighted by Crippen LogP contribution is 2.28. The van der Waals surface area contributed by atoms with Crippen LogP contribution < -0.4 is 0 Å². The van der Waals surface area contributed by atoms with Crippen molar-refractivity contribution in [3.8, 4) is 0 Å². The fourth-order valence-electron chi connectivity index (χ4n) is 0.924. The summed E-state index contributed by atoms with van der Waals surface area (Å²) in [7, 11) is 0. The Morgan fingerprint density at radius 1 is 1.75 bits per heavy atom. The highest BCUT2D eigenvalue weighted by molar-refractivity contribution is 5.88. The molecule has 1 aliphatic carbocycles. The number of carbonyl (C=O) groups excluding carboxylic acids is 1. The molecule has 0 unspecified atom stereocenters. The zero-order valence-corrected chi connectivity index (χ0v) is 6.62. The molecule has 1 aromatic rings. The zero-order valence-electron chi connectivity index (χ0n) is 6.62. The van der Waals surface area contributed by atoms with Gasteiger partial charge in [-0.05, 0) is 18.8 Å². The number of ether oxygens (including phenoxy) is 1. The second-order valence-electron chi connectivity index (χ2n) is 3.03. The number of nitrogens with zero attached hydrogens (tertiary/aromatic N) is 1. The van der Waals surface area contributed by atoms with E-state index in [1.165, 1.54) is 25.2 Å². The van der Waals surface area contributed by atoms with E-state index in [2.05, 4.69) is 10.2 Å². The Kier molecular flexibility index (Phi) is 1.81. The number of esters is 1. The molecule has 0 spiro atoms. The van der Waals surface area contributed by atoms with Crippen LogP contribution in [0.4, 0.5) is 0 Å². The van der Waals surface area contributed by atoms with Crippen LogP contribution in [0.2, 0.25) is 0 Å². The van der Waals surface area contributed by atoms with Crippen LogP contribution in [0.3, 0.4) is 0 Å². The predicted molar refractivity (Wildman–Crippen MR) is 41.6 cm³/mol. The van der Waals surface area contributed by atoms with Crippen molar-refractivity contribution in [3.63, 3.8) is 0 Å². The molecule has 0 atom stereocenters. The molecule has 1 saturated carbocycles. The van der Waals surface area contributed by atoms with Gasteiger partial charge in [-0.1, -0.05) is 0 Å². The molecular weight excluding hydrogens is 156 g/mol. The summed E-state index contributed by atoms with van der Waals surface area (Å²) in [5.41, 5.74) is 0.496. The molecule has 0 amide bonds. The summed E-state index contributed by atoms with van der Waals surface area (Å²) < 4.78 is 5.01. The fourth-order valence-corrected chi connectivity index (χ4v) is 0.924. The second kappa shape index (κ2) is 2.97. The lowest BCUT2D eigenvalue weighted by Gasteiger charge is -1.99. The average molecular weight is 166 g/mol. The van der Waals surface area contributed by atoms with Gasteiger partial charge in [-0.2, -0.15) is 5.10 Å². The van der Waals surface area contributed by atoms with Gasteiger partial charge in [-0.25, -0.2) is 4.79 Å². The zero-order chi connectivity index (χ0) is 8.39. The Bertz CT molecular complexity index is 265. The molecule has 0 bridgehead atoms. The smallest absolute Gasteiger partial charge is 0.341 e. The molecular formula is C8H10N2O2. The lowest BCUT2D eigenvalue weighted by molar-refractivity contribution is 0.0486. The van der Waals surface area contributed by atoms with Gasteiger partial charge < -0.3 is 4.74 Å². The van der Waals surface area contributed by atoms with Gasteiger partial charge in [0.1, 0.15) is 0 Å². The summed E-state index contributed by atoms with van der Waals surface area (Å²) in [6, 6.07) is 0. The van der Waals surface area contributed by atoms with E-state index in [9.17, 15) is 4.79 Å². The Balaban J connectivity index is 1.83. The summed E-state index contributed by atoms with van der Waals surface area (Å²) in [5, 5.41) is 6.22. The third-order valence-electron chi connectivity index (χ3n) is 1.88. The van der Waals surface area contributed by atoms with E-state index < -0.39 is 0 Å². The molecule has 12 heavy (non-hydrogen) atoms. The van der Waals surface area contributed by atoms with Crippen molar-refractivity contribution >= 4 is 5.97 Å². The molecule has 4 heteroatoms. The molecule has 1 heterocycles. The largest absolute Gasteiger partial charge is 0.462 e. The van der Waals surface area contributed by atoms with Crippen LogP contribution in [-0.4, -0.2) is 22.8 Å². The van der Waals surface area contributed by atoms with E-state index in [1.807, 2.05) is 0 Å². The molecule has 64 valence electrons. The van der Waals surface area contributed by atoms with Crippen LogP contribution in [0.15, 0.2) is 12.4 Å². The standard InChI is InChI=1S/C8H10N2O2/c11-8(7-3-9-10-4-7)12-5-6-1-2-6/h3-4,6H,1-2,5H2,(H,9,10). The third-order valence-corrected chi connectivity index (χ3v) is 1.88. The molecule has 0 radical (unpaired) electrons.